The molecule has 4 rings (SSSR count). The van der Waals surface area contributed by atoms with Gasteiger partial charge in [-0.15, -0.1) is 0 Å². The van der Waals surface area contributed by atoms with Gasteiger partial charge in [0.05, 0.1) is 18.0 Å². The van der Waals surface area contributed by atoms with Crippen LogP contribution in [0.5, 0.6) is 0 Å². The van der Waals surface area contributed by atoms with Crippen molar-refractivity contribution in [3.8, 4) is 0 Å². The van der Waals surface area contributed by atoms with E-state index in [1.807, 2.05) is 0 Å². The third-order valence-electron chi connectivity index (χ3n) is 4.08. The second-order valence-electron chi connectivity index (χ2n) is 5.74. The summed E-state index contributed by atoms with van der Waals surface area (Å²) >= 11 is 0. The van der Waals surface area contributed by atoms with E-state index in [2.05, 4.69) is 4.98 Å². The molecule has 2 aromatic heterocycles. The molecule has 0 atom stereocenters. The quantitative estimate of drug-likeness (QED) is 0.689. The van der Waals surface area contributed by atoms with Gasteiger partial charge in [0.1, 0.15) is 5.65 Å². The zero-order chi connectivity index (χ0) is 17.6. The summed E-state index contributed by atoms with van der Waals surface area (Å²) in [6.07, 6.45) is 1.58. The van der Waals surface area contributed by atoms with Crippen molar-refractivity contribution in [1.82, 2.24) is 13.7 Å². The maximum atomic E-state index is 12.6. The van der Waals surface area contributed by atoms with Gasteiger partial charge in [0.2, 0.25) is 10.0 Å². The lowest BCUT2D eigenvalue weighted by Crippen LogP contribution is -2.41. The summed E-state index contributed by atoms with van der Waals surface area (Å²) in [5.74, 6) is -0.849. The lowest BCUT2D eigenvalue weighted by molar-refractivity contribution is 0.0848. The molecule has 0 radical (unpaired) electrons. The van der Waals surface area contributed by atoms with E-state index in [0.29, 0.717) is 16.8 Å². The molecule has 1 aliphatic rings. The lowest BCUT2D eigenvalue weighted by Gasteiger charge is -2.27. The van der Waals surface area contributed by atoms with Crippen molar-refractivity contribution < 1.29 is 13.2 Å². The number of benzene rings is 1. The van der Waals surface area contributed by atoms with E-state index in [9.17, 15) is 18.0 Å². The minimum Gasteiger partial charge on any atom is -0.269 e. The van der Waals surface area contributed by atoms with Crippen molar-refractivity contribution in [2.24, 2.45) is 0 Å². The summed E-state index contributed by atoms with van der Waals surface area (Å²) < 4.78 is 27.1. The van der Waals surface area contributed by atoms with Crippen molar-refractivity contribution in [2.75, 3.05) is 0 Å². The van der Waals surface area contributed by atoms with Gasteiger partial charge in [0.25, 0.3) is 11.5 Å². The highest BCUT2D eigenvalue weighted by molar-refractivity contribution is 7.89. The normalized spacial score (nSPS) is 16.0. The van der Waals surface area contributed by atoms with Crippen LogP contribution < -0.4 is 5.56 Å². The Hall–Kier alpha value is -3.00. The Kier molecular flexibility index (Phi) is 3.43. The number of sulfonamides is 1. The minimum atomic E-state index is -3.82. The Morgan fingerprint density at radius 1 is 1.04 bits per heavy atom. The Balaban J connectivity index is 1.78. The van der Waals surface area contributed by atoms with Crippen molar-refractivity contribution in [3.05, 3.63) is 81.9 Å². The van der Waals surface area contributed by atoms with E-state index >= 15 is 0 Å². The van der Waals surface area contributed by atoms with Crippen molar-refractivity contribution >= 4 is 21.6 Å². The number of carbonyl (C=O) groups excluding carboxylic acids is 1. The Bertz CT molecular complexity index is 1170. The van der Waals surface area contributed by atoms with E-state index < -0.39 is 15.9 Å². The van der Waals surface area contributed by atoms with E-state index in [1.54, 1.807) is 48.7 Å². The van der Waals surface area contributed by atoms with Crippen molar-refractivity contribution in [2.45, 2.75) is 12.3 Å². The fraction of sp³-hybridized carbons (Fsp3) is 0.118. The molecule has 3 heterocycles. The van der Waals surface area contributed by atoms with Gasteiger partial charge < -0.3 is 0 Å². The van der Waals surface area contributed by atoms with E-state index in [0.717, 1.165) is 4.31 Å². The van der Waals surface area contributed by atoms with Gasteiger partial charge in [0, 0.05) is 17.8 Å². The zero-order valence-electron chi connectivity index (χ0n) is 13.0. The number of aromatic nitrogens is 2. The highest BCUT2D eigenvalue weighted by Gasteiger charge is 2.35. The van der Waals surface area contributed by atoms with Crippen molar-refractivity contribution in [3.63, 3.8) is 0 Å². The van der Waals surface area contributed by atoms with Gasteiger partial charge >= 0.3 is 0 Å². The summed E-state index contributed by atoms with van der Waals surface area (Å²) in [4.78, 5) is 29.1. The first-order valence-corrected chi connectivity index (χ1v) is 9.16. The van der Waals surface area contributed by atoms with Crippen LogP contribution in [0.2, 0.25) is 0 Å². The Labute approximate surface area is 143 Å². The number of hydrogen-bond acceptors (Lipinski definition) is 5. The molecule has 0 N–H and O–H groups in total. The molecule has 0 fully saturated rings. The molecule has 0 aliphatic carbocycles. The van der Waals surface area contributed by atoms with Crippen LogP contribution in [-0.2, 0) is 22.3 Å². The maximum Gasteiger partial charge on any atom is 0.268 e. The molecule has 1 aliphatic heterocycles. The molecule has 0 saturated carbocycles. The summed E-state index contributed by atoms with van der Waals surface area (Å²) in [6.45, 7) is -0.268. The molecule has 126 valence electrons. The molecule has 25 heavy (non-hydrogen) atoms. The molecule has 7 nitrogen and oxygen atoms in total. The molecule has 0 saturated heterocycles. The number of rotatable bonds is 2. The highest BCUT2D eigenvalue weighted by Crippen LogP contribution is 2.25. The smallest absolute Gasteiger partial charge is 0.268 e. The van der Waals surface area contributed by atoms with Gasteiger partial charge in [0.15, 0.2) is 0 Å². The number of nitrogens with zero attached hydrogens (tertiary/aromatic N) is 3. The monoisotopic (exact) mass is 355 g/mol. The van der Waals surface area contributed by atoms with Crippen molar-refractivity contribution in [1.29, 1.82) is 0 Å². The number of pyridine rings is 1. The molecule has 0 spiro atoms. The third-order valence-corrected chi connectivity index (χ3v) is 5.72. The average molecular weight is 355 g/mol. The van der Waals surface area contributed by atoms with Crippen LogP contribution in [0, 0.1) is 0 Å². The van der Waals surface area contributed by atoms with Gasteiger partial charge in [-0.25, -0.2) is 17.7 Å². The molecule has 8 heteroatoms. The predicted octanol–water partition coefficient (Wildman–Crippen LogP) is 1.18. The SMILES string of the molecule is O=C1c2ccccc2CS(=O)(=O)N1Cc1cc(=O)n2ccccc2n1. The fourth-order valence-electron chi connectivity index (χ4n) is 2.89. The van der Waals surface area contributed by atoms with E-state index in [-0.39, 0.29) is 23.6 Å². The van der Waals surface area contributed by atoms with Gasteiger partial charge in [-0.3, -0.25) is 14.0 Å². The molecular formula is C17H13N3O4S. The number of amides is 1. The maximum absolute atomic E-state index is 12.6. The average Bonchev–Trinajstić information content (AvgIpc) is 2.58. The second-order valence-corrected chi connectivity index (χ2v) is 7.63. The van der Waals surface area contributed by atoms with Crippen LogP contribution in [0.3, 0.4) is 0 Å². The van der Waals surface area contributed by atoms with E-state index in [1.165, 1.54) is 10.5 Å². The standard InChI is InChI=1S/C17H13N3O4S/c21-16-9-13(18-15-7-3-4-8-19(15)16)10-20-17(22)14-6-2-1-5-12(14)11-25(20,23)24/h1-9H,10-11H2. The van der Waals surface area contributed by atoms with Crippen LogP contribution in [0.25, 0.3) is 5.65 Å². The number of carbonyl (C=O) groups is 1. The van der Waals surface area contributed by atoms with Crippen LogP contribution in [0.4, 0.5) is 0 Å². The summed E-state index contributed by atoms with van der Waals surface area (Å²) in [5, 5.41) is 0. The molecule has 1 amide bonds. The third kappa shape index (κ3) is 2.60. The summed E-state index contributed by atoms with van der Waals surface area (Å²) in [6, 6.07) is 12.9. The van der Waals surface area contributed by atoms with Crippen LogP contribution in [-0.4, -0.2) is 28.0 Å². The molecule has 3 aromatic rings. The molecule has 0 unspecified atom stereocenters. The summed E-state index contributed by atoms with van der Waals surface area (Å²) in [5.41, 5.74) is 1.13. The first-order valence-electron chi connectivity index (χ1n) is 7.56. The van der Waals surface area contributed by atoms with Crippen LogP contribution in [0.1, 0.15) is 21.6 Å². The predicted molar refractivity (Wildman–Crippen MR) is 90.4 cm³/mol. The van der Waals surface area contributed by atoms with E-state index in [4.69, 9.17) is 0 Å². The topological polar surface area (TPSA) is 88.8 Å². The molecule has 1 aromatic carbocycles. The first kappa shape index (κ1) is 15.5. The van der Waals surface area contributed by atoms with Crippen LogP contribution in [0.15, 0.2) is 59.5 Å². The van der Waals surface area contributed by atoms with Crippen LogP contribution >= 0.6 is 0 Å². The van der Waals surface area contributed by atoms with Gasteiger partial charge in [-0.1, -0.05) is 24.3 Å². The number of fused-ring (bicyclic) bond motifs is 2. The minimum absolute atomic E-state index is 0.229. The zero-order valence-corrected chi connectivity index (χ0v) is 13.8. The summed E-state index contributed by atoms with van der Waals surface area (Å²) in [7, 11) is -3.82. The lowest BCUT2D eigenvalue weighted by atomic mass is 10.1. The first-order chi connectivity index (χ1) is 12.0. The Morgan fingerprint density at radius 2 is 1.80 bits per heavy atom. The molecule has 0 bridgehead atoms. The highest BCUT2D eigenvalue weighted by atomic mass is 32.2. The van der Waals surface area contributed by atoms with Gasteiger partial charge in [-0.2, -0.15) is 0 Å². The second kappa shape index (κ2) is 5.52. The largest absolute Gasteiger partial charge is 0.269 e. The fourth-order valence-corrected chi connectivity index (χ4v) is 4.37. The number of hydrogen-bond donors (Lipinski definition) is 0. The molecular weight excluding hydrogens is 342 g/mol. The Morgan fingerprint density at radius 3 is 2.64 bits per heavy atom. The van der Waals surface area contributed by atoms with Gasteiger partial charge in [-0.05, 0) is 23.8 Å².